The van der Waals surface area contributed by atoms with Crippen molar-refractivity contribution in [3.05, 3.63) is 82.0 Å². The Morgan fingerprint density at radius 3 is 2.42 bits per heavy atom. The molecule has 0 aliphatic carbocycles. The Balaban J connectivity index is 2.04. The molecular formula is C29H35N3O5S. The summed E-state index contributed by atoms with van der Waals surface area (Å²) in [5, 5.41) is 7.58. The number of nitrogens with zero attached hydrogens (tertiary/aromatic N) is 1. The van der Waals surface area contributed by atoms with Gasteiger partial charge in [-0.1, -0.05) is 43.3 Å². The molecule has 1 heterocycles. The molecule has 0 bridgehead atoms. The highest BCUT2D eigenvalue weighted by atomic mass is 32.1. The van der Waals surface area contributed by atoms with E-state index in [1.54, 1.807) is 62.1 Å². The summed E-state index contributed by atoms with van der Waals surface area (Å²) in [4.78, 5) is 42.2. The molecule has 2 aromatic carbocycles. The zero-order valence-corrected chi connectivity index (χ0v) is 23.3. The van der Waals surface area contributed by atoms with Crippen molar-refractivity contribution < 1.29 is 23.9 Å². The van der Waals surface area contributed by atoms with E-state index in [4.69, 9.17) is 9.47 Å². The van der Waals surface area contributed by atoms with Crippen LogP contribution in [-0.4, -0.2) is 48.9 Å². The van der Waals surface area contributed by atoms with E-state index in [1.165, 1.54) is 16.2 Å². The number of benzene rings is 2. The molecule has 0 saturated heterocycles. The number of ether oxygens (including phenoxy) is 2. The maximum absolute atomic E-state index is 13.9. The molecule has 1 aromatic heterocycles. The summed E-state index contributed by atoms with van der Waals surface area (Å²) in [6.07, 6.45) is 0.695. The Morgan fingerprint density at radius 2 is 1.76 bits per heavy atom. The molecule has 0 fully saturated rings. The fraction of sp³-hybridized carbons (Fsp3) is 0.345. The van der Waals surface area contributed by atoms with Crippen LogP contribution in [0.25, 0.3) is 0 Å². The van der Waals surface area contributed by atoms with Crippen molar-refractivity contribution in [3.63, 3.8) is 0 Å². The highest BCUT2D eigenvalue weighted by molar-refractivity contribution is 7.12. The summed E-state index contributed by atoms with van der Waals surface area (Å²) in [5.41, 5.74) is 0.811. The first-order valence-electron chi connectivity index (χ1n) is 12.4. The van der Waals surface area contributed by atoms with Gasteiger partial charge in [-0.05, 0) is 55.5 Å². The quantitative estimate of drug-likeness (QED) is 0.353. The number of hydrogen-bond acceptors (Lipinski definition) is 6. The number of carbonyl (C=O) groups excluding carboxylic acids is 3. The van der Waals surface area contributed by atoms with E-state index in [0.717, 1.165) is 5.56 Å². The van der Waals surface area contributed by atoms with Crippen LogP contribution in [0.4, 0.5) is 0 Å². The predicted molar refractivity (Wildman–Crippen MR) is 148 cm³/mol. The number of thiophene rings is 1. The van der Waals surface area contributed by atoms with Crippen LogP contribution in [0.1, 0.15) is 54.0 Å². The maximum Gasteiger partial charge on any atom is 0.261 e. The number of nitrogens with one attached hydrogen (secondary N) is 2. The predicted octanol–water partition coefficient (Wildman–Crippen LogP) is 4.57. The molecule has 0 saturated carbocycles. The first kappa shape index (κ1) is 28.7. The molecule has 0 aliphatic rings. The maximum atomic E-state index is 13.9. The Labute approximate surface area is 228 Å². The topological polar surface area (TPSA) is 97.0 Å². The molecule has 0 radical (unpaired) electrons. The molecule has 8 nitrogen and oxygen atoms in total. The fourth-order valence-electron chi connectivity index (χ4n) is 3.87. The van der Waals surface area contributed by atoms with Crippen molar-refractivity contribution in [2.75, 3.05) is 20.8 Å². The van der Waals surface area contributed by atoms with E-state index >= 15 is 0 Å². The number of hydrogen-bond donors (Lipinski definition) is 2. The average Bonchev–Trinajstić information content (AvgIpc) is 3.46. The van der Waals surface area contributed by atoms with Gasteiger partial charge < -0.3 is 25.0 Å². The molecule has 38 heavy (non-hydrogen) atoms. The summed E-state index contributed by atoms with van der Waals surface area (Å²) in [5.74, 6) is 0.0495. The number of para-hydroxylation sites is 1. The minimum absolute atomic E-state index is 0.0829. The fourth-order valence-corrected chi connectivity index (χ4v) is 4.51. The van der Waals surface area contributed by atoms with E-state index in [0.29, 0.717) is 28.4 Å². The smallest absolute Gasteiger partial charge is 0.261 e. The average molecular weight is 538 g/mol. The second-order valence-corrected chi connectivity index (χ2v) is 10.3. The largest absolute Gasteiger partial charge is 0.497 e. The molecule has 3 rings (SSSR count). The Kier molecular flexibility index (Phi) is 9.90. The molecule has 2 N–H and O–H groups in total. The first-order valence-corrected chi connectivity index (χ1v) is 13.3. The van der Waals surface area contributed by atoms with Crippen molar-refractivity contribution >= 4 is 29.1 Å². The molecule has 3 aromatic rings. The normalized spacial score (nSPS) is 11.8. The van der Waals surface area contributed by atoms with Gasteiger partial charge >= 0.3 is 0 Å². The van der Waals surface area contributed by atoms with Crippen LogP contribution in [-0.2, 0) is 16.1 Å². The highest BCUT2D eigenvalue weighted by Gasteiger charge is 2.34. The van der Waals surface area contributed by atoms with Crippen molar-refractivity contribution in [1.82, 2.24) is 15.5 Å². The zero-order valence-electron chi connectivity index (χ0n) is 22.4. The third kappa shape index (κ3) is 7.35. The monoisotopic (exact) mass is 537 g/mol. The molecule has 0 aliphatic heterocycles. The Bertz CT molecular complexity index is 1240. The van der Waals surface area contributed by atoms with Crippen molar-refractivity contribution in [2.24, 2.45) is 0 Å². The van der Waals surface area contributed by atoms with Gasteiger partial charge in [0.25, 0.3) is 5.91 Å². The lowest BCUT2D eigenvalue weighted by Gasteiger charge is -2.35. The third-order valence-electron chi connectivity index (χ3n) is 6.31. The third-order valence-corrected chi connectivity index (χ3v) is 7.18. The molecule has 1 atom stereocenters. The van der Waals surface area contributed by atoms with E-state index in [2.05, 4.69) is 10.6 Å². The minimum atomic E-state index is -0.994. The van der Waals surface area contributed by atoms with Gasteiger partial charge in [-0.2, -0.15) is 0 Å². The van der Waals surface area contributed by atoms with Crippen LogP contribution in [0.2, 0.25) is 0 Å². The van der Waals surface area contributed by atoms with Gasteiger partial charge in [0.1, 0.15) is 17.5 Å². The number of carbonyl (C=O) groups is 3. The van der Waals surface area contributed by atoms with Crippen LogP contribution < -0.4 is 20.1 Å². The molecule has 3 amide bonds. The molecule has 0 spiro atoms. The minimum Gasteiger partial charge on any atom is -0.497 e. The summed E-state index contributed by atoms with van der Waals surface area (Å²) in [7, 11) is 3.11. The van der Waals surface area contributed by atoms with E-state index in [-0.39, 0.29) is 24.9 Å². The van der Waals surface area contributed by atoms with Crippen LogP contribution in [0.15, 0.2) is 66.0 Å². The molecular weight excluding hydrogens is 502 g/mol. The van der Waals surface area contributed by atoms with Crippen molar-refractivity contribution in [1.29, 1.82) is 0 Å². The molecule has 9 heteroatoms. The van der Waals surface area contributed by atoms with Gasteiger partial charge in [0.05, 0.1) is 32.2 Å². The lowest BCUT2D eigenvalue weighted by atomic mass is 9.98. The number of amides is 3. The van der Waals surface area contributed by atoms with Crippen LogP contribution in [0.5, 0.6) is 11.5 Å². The van der Waals surface area contributed by atoms with E-state index in [9.17, 15) is 14.4 Å². The number of rotatable bonds is 12. The van der Waals surface area contributed by atoms with E-state index < -0.39 is 17.5 Å². The Morgan fingerprint density at radius 1 is 1.00 bits per heavy atom. The van der Waals surface area contributed by atoms with Crippen LogP contribution in [0.3, 0.4) is 0 Å². The summed E-state index contributed by atoms with van der Waals surface area (Å²) in [6, 6.07) is 16.9. The second kappa shape index (κ2) is 13.1. The zero-order chi connectivity index (χ0) is 27.7. The number of methoxy groups -OCH3 is 2. The second-order valence-electron chi connectivity index (χ2n) is 9.40. The highest BCUT2D eigenvalue weighted by Crippen LogP contribution is 2.30. The van der Waals surface area contributed by atoms with Crippen molar-refractivity contribution in [2.45, 2.75) is 45.3 Å². The first-order chi connectivity index (χ1) is 18.2. The van der Waals surface area contributed by atoms with Gasteiger partial charge in [-0.3, -0.25) is 14.4 Å². The van der Waals surface area contributed by atoms with Crippen LogP contribution in [0, 0.1) is 0 Å². The Hall–Kier alpha value is -3.85. The lowest BCUT2D eigenvalue weighted by molar-refractivity contribution is -0.141. The van der Waals surface area contributed by atoms with Gasteiger partial charge in [-0.25, -0.2) is 0 Å². The van der Waals surface area contributed by atoms with E-state index in [1.807, 2.05) is 39.0 Å². The van der Waals surface area contributed by atoms with Gasteiger partial charge in [-0.15, -0.1) is 11.3 Å². The molecule has 1 unspecified atom stereocenters. The SMILES string of the molecule is CCC(C)(C)NC(=O)C(c1cccc(OC)c1)N(Cc1ccccc1OC)C(=O)CNC(=O)c1cccs1. The van der Waals surface area contributed by atoms with Gasteiger partial charge in [0, 0.05) is 11.1 Å². The molecule has 202 valence electrons. The summed E-state index contributed by atoms with van der Waals surface area (Å²) in [6.45, 7) is 5.65. The summed E-state index contributed by atoms with van der Waals surface area (Å²) >= 11 is 1.29. The van der Waals surface area contributed by atoms with Gasteiger partial charge in [0.15, 0.2) is 0 Å². The standard InChI is InChI=1S/C29H35N3O5S/c1-6-29(2,3)31-28(35)26(20-12-9-13-22(17-20)36-4)32(19-21-11-7-8-14-23(21)37-5)25(33)18-30-27(34)24-15-10-16-38-24/h7-17,26H,6,18-19H2,1-5H3,(H,30,34)(H,31,35). The van der Waals surface area contributed by atoms with Gasteiger partial charge in [0.2, 0.25) is 11.8 Å². The van der Waals surface area contributed by atoms with Crippen molar-refractivity contribution in [3.8, 4) is 11.5 Å². The summed E-state index contributed by atoms with van der Waals surface area (Å²) < 4.78 is 10.9. The lowest BCUT2D eigenvalue weighted by Crippen LogP contribution is -2.51. The van der Waals surface area contributed by atoms with Crippen LogP contribution >= 0.6 is 11.3 Å².